The molecule has 0 aliphatic rings. The molecular formula is C19H24FNO4S2. The van der Waals surface area contributed by atoms with Crippen LogP contribution in [0.2, 0.25) is 0 Å². The number of halogens is 1. The molecule has 8 heteroatoms. The van der Waals surface area contributed by atoms with Crippen LogP contribution in [0, 0.1) is 0 Å². The normalized spacial score (nSPS) is 15.7. The molecule has 0 radical (unpaired) electrons. The van der Waals surface area contributed by atoms with Crippen molar-refractivity contribution in [3.05, 3.63) is 60.2 Å². The van der Waals surface area contributed by atoms with Crippen LogP contribution in [0.1, 0.15) is 32.4 Å². The first-order valence-corrected chi connectivity index (χ1v) is 11.0. The van der Waals surface area contributed by atoms with Crippen molar-refractivity contribution in [2.24, 2.45) is 0 Å². The molecule has 0 saturated carbocycles. The molecule has 5 nitrogen and oxygen atoms in total. The Morgan fingerprint density at radius 2 is 1.59 bits per heavy atom. The van der Waals surface area contributed by atoms with Crippen molar-refractivity contribution in [2.75, 3.05) is 7.11 Å². The Morgan fingerprint density at radius 1 is 1.04 bits per heavy atom. The molecule has 0 heterocycles. The SMILES string of the molecule is COc1ccc([C@H](N[S@](=O)C(C)(C)C)[C@H](F)S(=O)(=O)c2ccccc2)cc1. The lowest BCUT2D eigenvalue weighted by Gasteiger charge is -2.27. The second-order valence-electron chi connectivity index (χ2n) is 6.96. The van der Waals surface area contributed by atoms with Crippen LogP contribution in [0.5, 0.6) is 5.75 Å². The number of benzene rings is 2. The highest BCUT2D eigenvalue weighted by Gasteiger charge is 2.38. The maximum Gasteiger partial charge on any atom is 0.225 e. The molecule has 0 aliphatic carbocycles. The third-order valence-corrected chi connectivity index (χ3v) is 7.27. The van der Waals surface area contributed by atoms with Gasteiger partial charge in [-0.15, -0.1) is 0 Å². The number of hydrogen-bond acceptors (Lipinski definition) is 4. The van der Waals surface area contributed by atoms with Gasteiger partial charge in [0.2, 0.25) is 15.3 Å². The van der Waals surface area contributed by atoms with Gasteiger partial charge in [-0.1, -0.05) is 30.3 Å². The number of alkyl halides is 1. The maximum atomic E-state index is 15.3. The van der Waals surface area contributed by atoms with Gasteiger partial charge in [0.1, 0.15) is 5.75 Å². The molecule has 148 valence electrons. The van der Waals surface area contributed by atoms with E-state index in [4.69, 9.17) is 4.74 Å². The smallest absolute Gasteiger partial charge is 0.225 e. The lowest BCUT2D eigenvalue weighted by Crippen LogP contribution is -2.41. The Kier molecular flexibility index (Phi) is 6.77. The second kappa shape index (κ2) is 8.50. The Labute approximate surface area is 162 Å². The van der Waals surface area contributed by atoms with Crippen molar-refractivity contribution in [3.63, 3.8) is 0 Å². The van der Waals surface area contributed by atoms with Crippen LogP contribution in [0.15, 0.2) is 59.5 Å². The zero-order valence-corrected chi connectivity index (χ0v) is 17.3. The molecule has 0 amide bonds. The summed E-state index contributed by atoms with van der Waals surface area (Å²) in [6.07, 6.45) is 0. The van der Waals surface area contributed by atoms with E-state index in [9.17, 15) is 12.6 Å². The van der Waals surface area contributed by atoms with E-state index in [0.717, 1.165) is 0 Å². The summed E-state index contributed by atoms with van der Waals surface area (Å²) in [4.78, 5) is -0.126. The zero-order valence-electron chi connectivity index (χ0n) is 15.7. The van der Waals surface area contributed by atoms with E-state index in [2.05, 4.69) is 4.72 Å². The number of methoxy groups -OCH3 is 1. The third kappa shape index (κ3) is 5.15. The molecule has 0 unspecified atom stereocenters. The molecule has 0 aliphatic heterocycles. The predicted octanol–water partition coefficient (Wildman–Crippen LogP) is 3.56. The monoisotopic (exact) mass is 413 g/mol. The standard InChI is InChI=1S/C19H24FNO4S2/c1-19(2,3)26(22)21-17(14-10-12-15(25-4)13-11-14)18(20)27(23,24)16-8-6-5-7-9-16/h5-13,17-18,21H,1-4H3/t17-,18+,26+/m0/s1. The van der Waals surface area contributed by atoms with E-state index >= 15 is 4.39 Å². The second-order valence-corrected chi connectivity index (χ2v) is 11.0. The molecule has 0 saturated heterocycles. The minimum atomic E-state index is -4.29. The molecule has 0 fully saturated rings. The van der Waals surface area contributed by atoms with Crippen LogP contribution in [-0.4, -0.2) is 30.0 Å². The van der Waals surface area contributed by atoms with Gasteiger partial charge >= 0.3 is 0 Å². The van der Waals surface area contributed by atoms with Gasteiger partial charge in [0.05, 0.1) is 33.8 Å². The van der Waals surface area contributed by atoms with Crippen LogP contribution >= 0.6 is 0 Å². The van der Waals surface area contributed by atoms with Gasteiger partial charge in [-0.25, -0.2) is 21.7 Å². The van der Waals surface area contributed by atoms with Crippen molar-refractivity contribution in [1.29, 1.82) is 0 Å². The van der Waals surface area contributed by atoms with Crippen molar-refractivity contribution < 1.29 is 21.8 Å². The largest absolute Gasteiger partial charge is 0.497 e. The quantitative estimate of drug-likeness (QED) is 0.753. The van der Waals surface area contributed by atoms with E-state index < -0.39 is 37.1 Å². The van der Waals surface area contributed by atoms with Gasteiger partial charge in [0, 0.05) is 0 Å². The summed E-state index contributed by atoms with van der Waals surface area (Å²) >= 11 is 0. The fraction of sp³-hybridized carbons (Fsp3) is 0.368. The van der Waals surface area contributed by atoms with Gasteiger partial charge in [-0.3, -0.25) is 0 Å². The highest BCUT2D eigenvalue weighted by atomic mass is 32.2. The molecule has 2 aromatic rings. The average molecular weight is 414 g/mol. The maximum absolute atomic E-state index is 15.3. The van der Waals surface area contributed by atoms with Crippen LogP contribution in [0.4, 0.5) is 4.39 Å². The summed E-state index contributed by atoms with van der Waals surface area (Å²) in [5.74, 6) is 0.552. The fourth-order valence-electron chi connectivity index (χ4n) is 2.30. The molecule has 27 heavy (non-hydrogen) atoms. The first-order chi connectivity index (χ1) is 12.6. The highest BCUT2D eigenvalue weighted by Crippen LogP contribution is 2.30. The predicted molar refractivity (Wildman–Crippen MR) is 105 cm³/mol. The fourth-order valence-corrected chi connectivity index (χ4v) is 4.60. The Bertz CT molecular complexity index is 878. The molecule has 3 atom stereocenters. The lowest BCUT2D eigenvalue weighted by molar-refractivity contribution is 0.353. The van der Waals surface area contributed by atoms with Crippen molar-refractivity contribution in [2.45, 2.75) is 42.0 Å². The van der Waals surface area contributed by atoms with E-state index in [1.165, 1.54) is 31.4 Å². The van der Waals surface area contributed by atoms with E-state index in [1.54, 1.807) is 51.1 Å². The van der Waals surface area contributed by atoms with E-state index in [0.29, 0.717) is 11.3 Å². The Hall–Kier alpha value is -1.77. The van der Waals surface area contributed by atoms with Gasteiger partial charge in [-0.05, 0) is 50.6 Å². The summed E-state index contributed by atoms with van der Waals surface area (Å²) in [7, 11) is -4.46. The molecule has 2 aromatic carbocycles. The van der Waals surface area contributed by atoms with E-state index in [1.807, 2.05) is 0 Å². The molecule has 0 bridgehead atoms. The number of hydrogen-bond donors (Lipinski definition) is 1. The van der Waals surface area contributed by atoms with Crippen molar-refractivity contribution in [3.8, 4) is 5.75 Å². The number of nitrogens with one attached hydrogen (secondary N) is 1. The third-order valence-electron chi connectivity index (χ3n) is 3.90. The first-order valence-electron chi connectivity index (χ1n) is 8.32. The Balaban J connectivity index is 2.45. The summed E-state index contributed by atoms with van der Waals surface area (Å²) in [6.45, 7) is 5.17. The lowest BCUT2D eigenvalue weighted by atomic mass is 10.1. The van der Waals surface area contributed by atoms with Gasteiger partial charge in [-0.2, -0.15) is 0 Å². The van der Waals surface area contributed by atoms with Gasteiger partial charge in [0.25, 0.3) is 0 Å². The summed E-state index contributed by atoms with van der Waals surface area (Å²) in [5, 5.41) is 0. The Morgan fingerprint density at radius 3 is 2.07 bits per heavy atom. The van der Waals surface area contributed by atoms with Gasteiger partial charge in [0.15, 0.2) is 0 Å². The summed E-state index contributed by atoms with van der Waals surface area (Å²) in [6, 6.07) is 12.4. The minimum Gasteiger partial charge on any atom is -0.497 e. The summed E-state index contributed by atoms with van der Waals surface area (Å²) < 4.78 is 60.5. The first kappa shape index (κ1) is 21.5. The van der Waals surface area contributed by atoms with Crippen LogP contribution in [-0.2, 0) is 20.8 Å². The number of ether oxygens (including phenoxy) is 1. The van der Waals surface area contributed by atoms with Crippen LogP contribution in [0.3, 0.4) is 0 Å². The molecular weight excluding hydrogens is 389 g/mol. The average Bonchev–Trinajstić information content (AvgIpc) is 2.65. The summed E-state index contributed by atoms with van der Waals surface area (Å²) in [5.41, 5.74) is -1.96. The molecule has 0 aromatic heterocycles. The zero-order chi connectivity index (χ0) is 20.2. The number of sulfone groups is 1. The van der Waals surface area contributed by atoms with Gasteiger partial charge < -0.3 is 4.74 Å². The van der Waals surface area contributed by atoms with Crippen LogP contribution in [0.25, 0.3) is 0 Å². The molecule has 1 N–H and O–H groups in total. The minimum absolute atomic E-state index is 0.126. The molecule has 2 rings (SSSR count). The van der Waals surface area contributed by atoms with Crippen molar-refractivity contribution in [1.82, 2.24) is 4.72 Å². The highest BCUT2D eigenvalue weighted by molar-refractivity contribution is 7.92. The topological polar surface area (TPSA) is 72.5 Å². The van der Waals surface area contributed by atoms with Crippen LogP contribution < -0.4 is 9.46 Å². The van der Waals surface area contributed by atoms with Crippen molar-refractivity contribution >= 4 is 20.8 Å². The number of rotatable bonds is 7. The van der Waals surface area contributed by atoms with E-state index in [-0.39, 0.29) is 4.90 Å². The molecule has 0 spiro atoms.